The van der Waals surface area contributed by atoms with Crippen LogP contribution in [0.4, 0.5) is 0 Å². The van der Waals surface area contributed by atoms with E-state index >= 15 is 0 Å². The third kappa shape index (κ3) is 6.74. The van der Waals surface area contributed by atoms with Crippen LogP contribution >= 0.6 is 0 Å². The number of carbonyl (C=O) groups excluding carboxylic acids is 1. The normalized spacial score (nSPS) is 10.2. The van der Waals surface area contributed by atoms with Crippen LogP contribution in [0.15, 0.2) is 30.3 Å². The van der Waals surface area contributed by atoms with Gasteiger partial charge in [0.05, 0.1) is 6.61 Å². The van der Waals surface area contributed by atoms with Gasteiger partial charge in [0.2, 0.25) is 5.91 Å². The van der Waals surface area contributed by atoms with Crippen molar-refractivity contribution in [1.29, 1.82) is 0 Å². The van der Waals surface area contributed by atoms with E-state index in [0.29, 0.717) is 6.61 Å². The van der Waals surface area contributed by atoms with Gasteiger partial charge >= 0.3 is 0 Å². The van der Waals surface area contributed by atoms with Gasteiger partial charge in [0.25, 0.3) is 0 Å². The first kappa shape index (κ1) is 13.7. The molecule has 0 fully saturated rings. The first-order chi connectivity index (χ1) is 8.33. The van der Waals surface area contributed by atoms with Gasteiger partial charge in [0.1, 0.15) is 6.61 Å². The Morgan fingerprint density at radius 3 is 2.71 bits per heavy atom. The zero-order valence-corrected chi connectivity index (χ0v) is 10.4. The quantitative estimate of drug-likeness (QED) is 0.703. The minimum atomic E-state index is -0.0305. The molecule has 3 nitrogen and oxygen atoms in total. The SMILES string of the molecule is CCCCCNC(=O)COCc1ccccc1. The van der Waals surface area contributed by atoms with Crippen molar-refractivity contribution >= 4 is 5.91 Å². The Labute approximate surface area is 103 Å². The van der Waals surface area contributed by atoms with Gasteiger partial charge in [-0.05, 0) is 12.0 Å². The highest BCUT2D eigenvalue weighted by Crippen LogP contribution is 1.99. The minimum absolute atomic E-state index is 0.0305. The van der Waals surface area contributed by atoms with Gasteiger partial charge in [-0.25, -0.2) is 0 Å². The van der Waals surface area contributed by atoms with Crippen LogP contribution in [0.2, 0.25) is 0 Å². The lowest BCUT2D eigenvalue weighted by molar-refractivity contribution is -0.126. The summed E-state index contributed by atoms with van der Waals surface area (Å²) in [5.74, 6) is -0.0305. The van der Waals surface area contributed by atoms with Crippen LogP contribution < -0.4 is 5.32 Å². The molecule has 0 atom stereocenters. The molecule has 0 saturated carbocycles. The molecule has 0 bridgehead atoms. The van der Waals surface area contributed by atoms with E-state index in [0.717, 1.165) is 24.9 Å². The molecular formula is C14H21NO2. The fraction of sp³-hybridized carbons (Fsp3) is 0.500. The maximum Gasteiger partial charge on any atom is 0.246 e. The molecule has 0 saturated heterocycles. The van der Waals surface area contributed by atoms with Gasteiger partial charge < -0.3 is 10.1 Å². The second kappa shape index (κ2) is 8.76. The van der Waals surface area contributed by atoms with Crippen molar-refractivity contribution in [2.45, 2.75) is 32.8 Å². The first-order valence-corrected chi connectivity index (χ1v) is 6.21. The lowest BCUT2D eigenvalue weighted by Crippen LogP contribution is -2.28. The fourth-order valence-electron chi connectivity index (χ4n) is 1.49. The van der Waals surface area contributed by atoms with Gasteiger partial charge in [-0.15, -0.1) is 0 Å². The molecule has 0 aliphatic rings. The van der Waals surface area contributed by atoms with E-state index in [4.69, 9.17) is 4.74 Å². The highest BCUT2D eigenvalue weighted by atomic mass is 16.5. The van der Waals surface area contributed by atoms with Gasteiger partial charge in [-0.2, -0.15) is 0 Å². The summed E-state index contributed by atoms with van der Waals surface area (Å²) in [6, 6.07) is 9.86. The van der Waals surface area contributed by atoms with Crippen molar-refractivity contribution < 1.29 is 9.53 Å². The minimum Gasteiger partial charge on any atom is -0.367 e. The highest BCUT2D eigenvalue weighted by Gasteiger charge is 2.00. The molecule has 0 spiro atoms. The average Bonchev–Trinajstić information content (AvgIpc) is 2.36. The summed E-state index contributed by atoms with van der Waals surface area (Å²) in [5, 5.41) is 2.84. The predicted molar refractivity (Wildman–Crippen MR) is 68.6 cm³/mol. The number of hydrogen-bond donors (Lipinski definition) is 1. The van der Waals surface area contributed by atoms with Crippen LogP contribution in [0.1, 0.15) is 31.7 Å². The average molecular weight is 235 g/mol. The molecule has 0 unspecified atom stereocenters. The van der Waals surface area contributed by atoms with E-state index in [1.807, 2.05) is 30.3 Å². The summed E-state index contributed by atoms with van der Waals surface area (Å²) in [5.41, 5.74) is 1.09. The molecule has 0 radical (unpaired) electrons. The third-order valence-electron chi connectivity index (χ3n) is 2.45. The van der Waals surface area contributed by atoms with E-state index in [-0.39, 0.29) is 12.5 Å². The number of unbranched alkanes of at least 4 members (excludes halogenated alkanes) is 2. The summed E-state index contributed by atoms with van der Waals surface area (Å²) in [7, 11) is 0. The summed E-state index contributed by atoms with van der Waals surface area (Å²) in [6.45, 7) is 3.52. The van der Waals surface area contributed by atoms with E-state index in [1.54, 1.807) is 0 Å². The van der Waals surface area contributed by atoms with E-state index in [9.17, 15) is 4.79 Å². The molecular weight excluding hydrogens is 214 g/mol. The largest absolute Gasteiger partial charge is 0.367 e. The van der Waals surface area contributed by atoms with Crippen molar-refractivity contribution in [1.82, 2.24) is 5.32 Å². The highest BCUT2D eigenvalue weighted by molar-refractivity contribution is 5.77. The summed E-state index contributed by atoms with van der Waals surface area (Å²) >= 11 is 0. The molecule has 17 heavy (non-hydrogen) atoms. The van der Waals surface area contributed by atoms with Crippen molar-refractivity contribution in [2.24, 2.45) is 0 Å². The van der Waals surface area contributed by atoms with Crippen molar-refractivity contribution in [2.75, 3.05) is 13.2 Å². The standard InChI is InChI=1S/C14H21NO2/c1-2-3-7-10-15-14(16)12-17-11-13-8-5-4-6-9-13/h4-6,8-9H,2-3,7,10-12H2,1H3,(H,15,16). The number of ether oxygens (including phenoxy) is 1. The van der Waals surface area contributed by atoms with Crippen LogP contribution in [-0.4, -0.2) is 19.1 Å². The molecule has 1 rings (SSSR count). The van der Waals surface area contributed by atoms with Gasteiger partial charge in [-0.3, -0.25) is 4.79 Å². The Morgan fingerprint density at radius 2 is 2.00 bits per heavy atom. The Balaban J connectivity index is 2.04. The van der Waals surface area contributed by atoms with Crippen LogP contribution in [0.5, 0.6) is 0 Å². The first-order valence-electron chi connectivity index (χ1n) is 6.21. The predicted octanol–water partition coefficient (Wildman–Crippen LogP) is 2.51. The zero-order valence-electron chi connectivity index (χ0n) is 10.4. The van der Waals surface area contributed by atoms with Crippen LogP contribution in [0.3, 0.4) is 0 Å². The summed E-state index contributed by atoms with van der Waals surface area (Å²) < 4.78 is 5.33. The van der Waals surface area contributed by atoms with E-state index < -0.39 is 0 Å². The van der Waals surface area contributed by atoms with Gasteiger partial charge in [0, 0.05) is 6.54 Å². The summed E-state index contributed by atoms with van der Waals surface area (Å²) in [4.78, 5) is 11.4. The Kier molecular flexibility index (Phi) is 7.07. The molecule has 0 heterocycles. The maximum atomic E-state index is 11.4. The molecule has 1 aromatic rings. The fourth-order valence-corrected chi connectivity index (χ4v) is 1.49. The van der Waals surface area contributed by atoms with Crippen molar-refractivity contribution in [3.8, 4) is 0 Å². The molecule has 1 amide bonds. The number of rotatable bonds is 8. The molecule has 94 valence electrons. The number of nitrogens with one attached hydrogen (secondary N) is 1. The molecule has 1 aromatic carbocycles. The van der Waals surface area contributed by atoms with Crippen LogP contribution in [0, 0.1) is 0 Å². The molecule has 0 aromatic heterocycles. The van der Waals surface area contributed by atoms with Crippen LogP contribution in [0.25, 0.3) is 0 Å². The topological polar surface area (TPSA) is 38.3 Å². The van der Waals surface area contributed by atoms with Gasteiger partial charge in [0.15, 0.2) is 0 Å². The Bertz CT molecular complexity index is 311. The second-order valence-corrected chi connectivity index (χ2v) is 4.04. The lowest BCUT2D eigenvalue weighted by atomic mass is 10.2. The number of amides is 1. The summed E-state index contributed by atoms with van der Waals surface area (Å²) in [6.07, 6.45) is 3.37. The second-order valence-electron chi connectivity index (χ2n) is 4.04. The smallest absolute Gasteiger partial charge is 0.246 e. The Morgan fingerprint density at radius 1 is 1.24 bits per heavy atom. The van der Waals surface area contributed by atoms with Gasteiger partial charge in [-0.1, -0.05) is 50.1 Å². The number of hydrogen-bond acceptors (Lipinski definition) is 2. The van der Waals surface area contributed by atoms with E-state index in [1.165, 1.54) is 6.42 Å². The molecule has 0 aliphatic heterocycles. The lowest BCUT2D eigenvalue weighted by Gasteiger charge is -2.06. The third-order valence-corrected chi connectivity index (χ3v) is 2.45. The number of carbonyl (C=O) groups is 1. The van der Waals surface area contributed by atoms with Crippen molar-refractivity contribution in [3.63, 3.8) is 0 Å². The van der Waals surface area contributed by atoms with Crippen molar-refractivity contribution in [3.05, 3.63) is 35.9 Å². The monoisotopic (exact) mass is 235 g/mol. The maximum absolute atomic E-state index is 11.4. The zero-order chi connectivity index (χ0) is 12.3. The molecule has 3 heteroatoms. The number of benzene rings is 1. The molecule has 1 N–H and O–H groups in total. The van der Waals surface area contributed by atoms with E-state index in [2.05, 4.69) is 12.2 Å². The Hall–Kier alpha value is -1.35. The molecule has 0 aliphatic carbocycles. The van der Waals surface area contributed by atoms with Crippen LogP contribution in [-0.2, 0) is 16.1 Å².